The van der Waals surface area contributed by atoms with Crippen LogP contribution in [-0.2, 0) is 39.8 Å². The van der Waals surface area contributed by atoms with Crippen LogP contribution in [0.25, 0.3) is 0 Å². The molecule has 0 radical (unpaired) electrons. The molecule has 13 atom stereocenters. The van der Waals surface area contributed by atoms with Gasteiger partial charge in [-0.15, -0.1) is 0 Å². The van der Waals surface area contributed by atoms with Crippen molar-refractivity contribution in [2.45, 2.75) is 145 Å². The molecule has 7 heteroatoms. The summed E-state index contributed by atoms with van der Waals surface area (Å²) >= 11 is 0. The van der Waals surface area contributed by atoms with Gasteiger partial charge in [0.15, 0.2) is 12.1 Å². The molecule has 7 nitrogen and oxygen atoms in total. The average Bonchev–Trinajstić information content (AvgIpc) is 3.05. The number of hydrogen-bond acceptors (Lipinski definition) is 7. The summed E-state index contributed by atoms with van der Waals surface area (Å²) in [5.74, 6) is -1.97. The van der Waals surface area contributed by atoms with E-state index in [1.807, 2.05) is 39.0 Å². The summed E-state index contributed by atoms with van der Waals surface area (Å²) in [5.41, 5.74) is 6.64. The summed E-state index contributed by atoms with van der Waals surface area (Å²) in [6.45, 7) is 30.2. The maximum Gasteiger partial charge on any atom is 0.311 e. The zero-order chi connectivity index (χ0) is 36.7. The number of hydrogen-bond donors (Lipinski definition) is 0. The highest BCUT2D eigenvalue weighted by molar-refractivity contribution is 5.73. The Morgan fingerprint density at radius 2 is 1.48 bits per heavy atom. The molecule has 0 amide bonds. The van der Waals surface area contributed by atoms with E-state index in [0.29, 0.717) is 6.61 Å². The van der Waals surface area contributed by atoms with Gasteiger partial charge in [0.2, 0.25) is 0 Å². The first kappa shape index (κ1) is 38.7. The van der Waals surface area contributed by atoms with Gasteiger partial charge in [0.1, 0.15) is 6.10 Å². The van der Waals surface area contributed by atoms with Gasteiger partial charge in [0.05, 0.1) is 43.0 Å². The van der Waals surface area contributed by atoms with Crippen LogP contribution >= 0.6 is 0 Å². The third kappa shape index (κ3) is 8.23. The minimum Gasteiger partial charge on any atom is -0.461 e. The number of esters is 1. The fourth-order valence-electron chi connectivity index (χ4n) is 8.90. The molecular weight excluding hydrogens is 628 g/mol. The molecule has 3 heterocycles. The van der Waals surface area contributed by atoms with Crippen LogP contribution in [0.5, 0.6) is 0 Å². The Morgan fingerprint density at radius 1 is 0.860 bits per heavy atom. The van der Waals surface area contributed by atoms with Gasteiger partial charge in [-0.2, -0.15) is 0 Å². The predicted octanol–water partition coefficient (Wildman–Crippen LogP) is 9.21. The van der Waals surface area contributed by atoms with Gasteiger partial charge in [0.25, 0.3) is 0 Å². The van der Waals surface area contributed by atoms with Crippen molar-refractivity contribution < 1.29 is 33.2 Å². The quantitative estimate of drug-likeness (QED) is 0.221. The minimum atomic E-state index is -0.859. The Hall–Kier alpha value is -2.55. The molecule has 0 unspecified atom stereocenters. The lowest BCUT2D eigenvalue weighted by molar-refractivity contribution is -0.334. The molecule has 2 aromatic rings. The molecule has 0 saturated carbocycles. The second-order valence-electron chi connectivity index (χ2n) is 16.3. The molecule has 3 saturated heterocycles. The lowest BCUT2D eigenvalue weighted by Crippen LogP contribution is -2.56. The number of ether oxygens (including phenoxy) is 6. The summed E-state index contributed by atoms with van der Waals surface area (Å²) in [6.07, 6.45) is -1.68. The van der Waals surface area contributed by atoms with Crippen molar-refractivity contribution in [1.82, 2.24) is 0 Å². The van der Waals surface area contributed by atoms with E-state index in [1.165, 1.54) is 5.56 Å². The van der Waals surface area contributed by atoms with Crippen molar-refractivity contribution in [1.29, 1.82) is 0 Å². The molecule has 3 fully saturated rings. The maximum absolute atomic E-state index is 14.3. The second-order valence-corrected chi connectivity index (χ2v) is 16.3. The van der Waals surface area contributed by atoms with Crippen molar-refractivity contribution >= 4 is 5.97 Å². The predicted molar refractivity (Wildman–Crippen MR) is 196 cm³/mol. The van der Waals surface area contributed by atoms with Crippen LogP contribution < -0.4 is 0 Å². The smallest absolute Gasteiger partial charge is 0.311 e. The molecule has 2 aromatic carbocycles. The monoisotopic (exact) mass is 690 g/mol. The molecular formula is C43H62O7. The largest absolute Gasteiger partial charge is 0.461 e. The van der Waals surface area contributed by atoms with Crippen LogP contribution in [0.1, 0.15) is 103 Å². The Morgan fingerprint density at radius 3 is 2.12 bits per heavy atom. The van der Waals surface area contributed by atoms with Crippen LogP contribution in [0.4, 0.5) is 0 Å². The van der Waals surface area contributed by atoms with Gasteiger partial charge in [-0.25, -0.2) is 0 Å². The highest BCUT2D eigenvalue weighted by Gasteiger charge is 2.51. The van der Waals surface area contributed by atoms with Gasteiger partial charge in [-0.1, -0.05) is 89.2 Å². The van der Waals surface area contributed by atoms with Crippen molar-refractivity contribution in [2.75, 3.05) is 0 Å². The third-order valence-corrected chi connectivity index (χ3v) is 11.7. The third-order valence-electron chi connectivity index (χ3n) is 11.7. The molecule has 50 heavy (non-hydrogen) atoms. The van der Waals surface area contributed by atoms with Gasteiger partial charge in [0, 0.05) is 29.2 Å². The number of rotatable bonds is 6. The van der Waals surface area contributed by atoms with Crippen LogP contribution in [-0.4, -0.2) is 48.4 Å². The van der Waals surface area contributed by atoms with Crippen LogP contribution in [0.3, 0.4) is 0 Å². The number of fused-ring (bicyclic) bond motifs is 4. The number of carbonyl (C=O) groups is 1. The van der Waals surface area contributed by atoms with E-state index in [2.05, 4.69) is 93.2 Å². The summed E-state index contributed by atoms with van der Waals surface area (Å²) < 4.78 is 40.2. The van der Waals surface area contributed by atoms with E-state index >= 15 is 0 Å². The van der Waals surface area contributed by atoms with Crippen molar-refractivity contribution in [2.24, 2.45) is 35.5 Å². The van der Waals surface area contributed by atoms with E-state index in [-0.39, 0.29) is 66.1 Å². The highest BCUT2D eigenvalue weighted by atomic mass is 16.7. The van der Waals surface area contributed by atoms with Crippen LogP contribution in [0.2, 0.25) is 0 Å². The van der Waals surface area contributed by atoms with E-state index in [9.17, 15) is 4.79 Å². The summed E-state index contributed by atoms with van der Waals surface area (Å²) in [5, 5.41) is 0. The SMILES string of the molecule is C=C1C[C@H](C)[C@@H]2OC(C)(C)O[C@@H]([C@@H]2C)[C@@H](C)C(=O)O[C@H]([C@@H](C)[C@H](C)OCc2ccccc2)[C@@H](C)[C@H]2O[C@H](c3c(C)cc(C)cc3C)O[C@@H]1[C@H]2C. The molecule has 5 rings (SSSR count). The van der Waals surface area contributed by atoms with E-state index in [4.69, 9.17) is 28.4 Å². The molecule has 0 aromatic heterocycles. The summed E-state index contributed by atoms with van der Waals surface area (Å²) in [6, 6.07) is 14.5. The van der Waals surface area contributed by atoms with E-state index < -0.39 is 24.1 Å². The normalized spacial score (nSPS) is 36.2. The summed E-state index contributed by atoms with van der Waals surface area (Å²) in [4.78, 5) is 14.3. The Kier molecular flexibility index (Phi) is 12.1. The zero-order valence-corrected chi connectivity index (χ0v) is 32.5. The van der Waals surface area contributed by atoms with Crippen LogP contribution in [0.15, 0.2) is 54.6 Å². The van der Waals surface area contributed by atoms with Gasteiger partial charge >= 0.3 is 5.97 Å². The lowest BCUT2D eigenvalue weighted by atomic mass is 9.75. The fraction of sp³-hybridized carbons (Fsp3) is 0.651. The molecule has 0 aliphatic carbocycles. The van der Waals surface area contributed by atoms with Crippen molar-refractivity contribution in [3.8, 4) is 0 Å². The first-order chi connectivity index (χ1) is 23.5. The zero-order valence-electron chi connectivity index (χ0n) is 32.5. The highest BCUT2D eigenvalue weighted by Crippen LogP contribution is 2.46. The first-order valence-electron chi connectivity index (χ1n) is 18.8. The number of cyclic esters (lactones) is 1. The molecule has 0 N–H and O–H groups in total. The Bertz CT molecular complexity index is 1460. The second kappa shape index (κ2) is 15.6. The topological polar surface area (TPSA) is 72.5 Å². The first-order valence-corrected chi connectivity index (χ1v) is 18.8. The number of carbonyl (C=O) groups excluding carboxylic acids is 1. The molecule has 3 aliphatic rings. The van der Waals surface area contributed by atoms with Gasteiger partial charge in [-0.3, -0.25) is 4.79 Å². The van der Waals surface area contributed by atoms with Crippen molar-refractivity contribution in [3.05, 3.63) is 82.4 Å². The van der Waals surface area contributed by atoms with Gasteiger partial charge < -0.3 is 28.4 Å². The fourth-order valence-corrected chi connectivity index (χ4v) is 8.90. The maximum atomic E-state index is 14.3. The Labute approximate surface area is 301 Å². The van der Waals surface area contributed by atoms with Gasteiger partial charge in [-0.05, 0) is 83.1 Å². The standard InChI is InChI=1S/C43H62O7/c1-23-19-24(2)35(25(3)20-23)42-47-36-26(4)21-27(5)37-30(8)40(50-43(12,13)49-37)32(10)41(44)46-38(31(9)39(48-42)29(36)7)28(6)33(11)45-22-34-17-15-14-16-18-34/h14-20,27-33,36-40,42H,4,21-22H2,1-3,5-13H3/t27-,28-,29+,30+,31+,32+,33-,36-,37-,38+,39-,40-,42+/m0/s1. The van der Waals surface area contributed by atoms with Crippen molar-refractivity contribution in [3.63, 3.8) is 0 Å². The van der Waals surface area contributed by atoms with Crippen LogP contribution in [0, 0.1) is 56.3 Å². The molecule has 4 bridgehead atoms. The Balaban J connectivity index is 1.56. The van der Waals surface area contributed by atoms with E-state index in [0.717, 1.165) is 34.2 Å². The summed E-state index contributed by atoms with van der Waals surface area (Å²) in [7, 11) is 0. The molecule has 3 aliphatic heterocycles. The average molecular weight is 691 g/mol. The van der Waals surface area contributed by atoms with E-state index in [1.54, 1.807) is 0 Å². The molecule has 0 spiro atoms. The number of aryl methyl sites for hydroxylation is 3. The molecule has 276 valence electrons. The minimum absolute atomic E-state index is 0.0517. The number of benzene rings is 2. The lowest BCUT2D eigenvalue weighted by Gasteiger charge is -2.50.